The van der Waals surface area contributed by atoms with Crippen LogP contribution in [0.5, 0.6) is 0 Å². The van der Waals surface area contributed by atoms with E-state index in [1.165, 1.54) is 19.0 Å². The highest BCUT2D eigenvalue weighted by atomic mass is 32.2. The predicted molar refractivity (Wildman–Crippen MR) is 164 cm³/mol. The zero-order valence-electron chi connectivity index (χ0n) is 25.6. The van der Waals surface area contributed by atoms with E-state index in [1.54, 1.807) is 21.6 Å². The minimum Gasteiger partial charge on any atom is -0.366 e. The second-order valence-electron chi connectivity index (χ2n) is 12.7. The maximum Gasteiger partial charge on any atom is 0.320 e. The molecule has 0 radical (unpaired) electrons. The second kappa shape index (κ2) is 11.4. The zero-order chi connectivity index (χ0) is 31.6. The van der Waals surface area contributed by atoms with Crippen LogP contribution in [0.3, 0.4) is 0 Å². The van der Waals surface area contributed by atoms with E-state index in [0.29, 0.717) is 36.9 Å². The summed E-state index contributed by atoms with van der Waals surface area (Å²) in [6.45, 7) is 8.23. The Morgan fingerprint density at radius 2 is 1.84 bits per heavy atom. The number of hydrogen-bond donors (Lipinski definition) is 1. The van der Waals surface area contributed by atoms with E-state index in [9.17, 15) is 22.0 Å². The van der Waals surface area contributed by atoms with E-state index in [4.69, 9.17) is 0 Å². The van der Waals surface area contributed by atoms with Crippen LogP contribution in [0, 0.1) is 0 Å². The van der Waals surface area contributed by atoms with Gasteiger partial charge in [-0.3, -0.25) is 4.40 Å². The Bertz CT molecular complexity index is 1640. The van der Waals surface area contributed by atoms with Crippen LogP contribution in [0.1, 0.15) is 57.9 Å². The number of alkyl halides is 2. The number of hydrogen-bond acceptors (Lipinski definition) is 9. The van der Waals surface area contributed by atoms with Crippen molar-refractivity contribution >= 4 is 38.6 Å². The highest BCUT2D eigenvalue weighted by Gasteiger charge is 2.42. The van der Waals surface area contributed by atoms with Crippen LogP contribution in [0.25, 0.3) is 16.3 Å². The molecule has 0 spiro atoms. The maximum absolute atomic E-state index is 13.6. The fourth-order valence-electron chi connectivity index (χ4n) is 5.89. The molecule has 1 saturated heterocycles. The van der Waals surface area contributed by atoms with E-state index >= 15 is 0 Å². The highest BCUT2D eigenvalue weighted by molar-refractivity contribution is 7.89. The lowest BCUT2D eigenvalue weighted by atomic mass is 10.1. The molecular weight excluding hydrogens is 612 g/mol. The monoisotopic (exact) mass is 651 g/mol. The molecule has 2 saturated carbocycles. The largest absolute Gasteiger partial charge is 0.366 e. The first-order chi connectivity index (χ1) is 20.8. The van der Waals surface area contributed by atoms with Gasteiger partial charge in [-0.2, -0.15) is 0 Å². The number of carbonyl (C=O) groups excluding carboxylic acids is 1. The molecule has 12 nitrogen and oxygen atoms in total. The first-order valence-electron chi connectivity index (χ1n) is 14.9. The summed E-state index contributed by atoms with van der Waals surface area (Å²) in [4.78, 5) is 26.1. The fourth-order valence-corrected chi connectivity index (χ4v) is 8.07. The minimum atomic E-state index is -3.92. The van der Waals surface area contributed by atoms with Crippen molar-refractivity contribution in [3.8, 4) is 10.8 Å². The summed E-state index contributed by atoms with van der Waals surface area (Å²) < 4.78 is 58.2. The van der Waals surface area contributed by atoms with Gasteiger partial charge in [0.2, 0.25) is 10.0 Å². The van der Waals surface area contributed by atoms with Crippen LogP contribution < -0.4 is 9.62 Å². The molecule has 1 N–H and O–H groups in total. The van der Waals surface area contributed by atoms with Crippen molar-refractivity contribution in [2.75, 3.05) is 45.2 Å². The average Bonchev–Trinajstić information content (AvgIpc) is 3.83. The zero-order valence-corrected chi connectivity index (χ0v) is 27.2. The predicted octanol–water partition coefficient (Wildman–Crippen LogP) is 3.67. The Balaban J connectivity index is 1.31. The van der Waals surface area contributed by atoms with Crippen molar-refractivity contribution < 1.29 is 22.0 Å². The molecular formula is C28H39F2N9O3S2. The standard InChI is InChI=1S/C28H39F2N9O3S2/c1-17-14-37(15-18(2)39(17)27(40)36(5)11-10-35(4)19-6-7-19)21-12-20(44(41,42)34-28(3)8-9-28)16-38-22(21)13-31-24(38)26-33-32-25(43-26)23(29)30/h12-13,16-19,23,34H,6-11,14-15H2,1-5H3/t17-,18-/m0/s1. The summed E-state index contributed by atoms with van der Waals surface area (Å²) in [7, 11) is 0.00763. The van der Waals surface area contributed by atoms with Gasteiger partial charge in [0.15, 0.2) is 15.8 Å². The number of piperazine rings is 1. The lowest BCUT2D eigenvalue weighted by Gasteiger charge is -2.46. The molecule has 0 aromatic carbocycles. The van der Waals surface area contributed by atoms with Crippen molar-refractivity contribution in [1.29, 1.82) is 0 Å². The van der Waals surface area contributed by atoms with Gasteiger partial charge in [0, 0.05) is 63.1 Å². The van der Waals surface area contributed by atoms with Crippen molar-refractivity contribution in [3.05, 3.63) is 23.5 Å². The molecule has 1 aliphatic heterocycles. The third-order valence-corrected chi connectivity index (χ3v) is 11.4. The summed E-state index contributed by atoms with van der Waals surface area (Å²) in [5.74, 6) is 0.230. The van der Waals surface area contributed by atoms with Crippen molar-refractivity contribution in [2.24, 2.45) is 0 Å². The van der Waals surface area contributed by atoms with E-state index in [2.05, 4.69) is 36.8 Å². The number of anilines is 1. The Morgan fingerprint density at radius 3 is 2.43 bits per heavy atom. The smallest absolute Gasteiger partial charge is 0.320 e. The Morgan fingerprint density at radius 1 is 1.16 bits per heavy atom. The number of pyridine rings is 1. The number of sulfonamides is 1. The molecule has 2 amide bonds. The molecule has 2 aliphatic carbocycles. The van der Waals surface area contributed by atoms with Gasteiger partial charge in [0.1, 0.15) is 4.90 Å². The molecule has 3 aromatic rings. The van der Waals surface area contributed by atoms with Crippen LogP contribution in [-0.4, -0.2) is 113 Å². The minimum absolute atomic E-state index is 0.0318. The molecule has 0 unspecified atom stereocenters. The number of carbonyl (C=O) groups is 1. The van der Waals surface area contributed by atoms with Gasteiger partial charge >= 0.3 is 6.03 Å². The van der Waals surface area contributed by atoms with E-state index in [1.807, 2.05) is 32.7 Å². The fraction of sp³-hybridized carbons (Fsp3) is 0.643. The summed E-state index contributed by atoms with van der Waals surface area (Å²) in [5.41, 5.74) is 0.729. The lowest BCUT2D eigenvalue weighted by Crippen LogP contribution is -2.61. The molecule has 3 aliphatic rings. The molecule has 4 heterocycles. The third kappa shape index (κ3) is 6.13. The Kier molecular flexibility index (Phi) is 8.08. The van der Waals surface area contributed by atoms with Gasteiger partial charge in [0.25, 0.3) is 6.43 Å². The Hall–Kier alpha value is -2.95. The lowest BCUT2D eigenvalue weighted by molar-refractivity contribution is 0.111. The first kappa shape index (κ1) is 31.0. The first-order valence-corrected chi connectivity index (χ1v) is 17.2. The van der Waals surface area contributed by atoms with Crippen molar-refractivity contribution in [2.45, 2.75) is 81.4 Å². The number of imidazole rings is 1. The molecule has 2 atom stereocenters. The van der Waals surface area contributed by atoms with Gasteiger partial charge in [-0.1, -0.05) is 11.3 Å². The summed E-state index contributed by atoms with van der Waals surface area (Å²) in [6.07, 6.45) is 4.19. The number of aromatic nitrogens is 4. The van der Waals surface area contributed by atoms with Crippen LogP contribution in [0.4, 0.5) is 19.3 Å². The molecule has 3 aromatic heterocycles. The van der Waals surface area contributed by atoms with E-state index in [-0.39, 0.29) is 33.8 Å². The number of nitrogens with one attached hydrogen (secondary N) is 1. The topological polar surface area (TPSA) is 119 Å². The van der Waals surface area contributed by atoms with Crippen molar-refractivity contribution in [1.82, 2.24) is 39.0 Å². The summed E-state index contributed by atoms with van der Waals surface area (Å²) in [5, 5.41) is 7.24. The molecule has 240 valence electrons. The van der Waals surface area contributed by atoms with E-state index < -0.39 is 27.0 Å². The SMILES string of the molecule is C[C@H]1CN(c2cc(S(=O)(=O)NC3(C)CC3)cn3c(-c4nnc(C(F)F)s4)ncc23)C[C@H](C)N1C(=O)N(C)CCN(C)C1CC1. The number of nitrogens with zero attached hydrogens (tertiary/aromatic N) is 8. The number of rotatable bonds is 10. The molecule has 44 heavy (non-hydrogen) atoms. The summed E-state index contributed by atoms with van der Waals surface area (Å²) >= 11 is 0.720. The molecule has 3 fully saturated rings. The number of urea groups is 1. The number of fused-ring (bicyclic) bond motifs is 1. The Labute approximate surface area is 260 Å². The maximum atomic E-state index is 13.6. The number of likely N-dealkylation sites (N-methyl/N-ethyl adjacent to an activating group) is 2. The van der Waals surface area contributed by atoms with Crippen LogP contribution in [0.15, 0.2) is 23.4 Å². The van der Waals surface area contributed by atoms with Gasteiger partial charge in [-0.25, -0.2) is 31.7 Å². The van der Waals surface area contributed by atoms with Crippen LogP contribution in [-0.2, 0) is 10.0 Å². The highest BCUT2D eigenvalue weighted by Crippen LogP contribution is 2.38. The average molecular weight is 652 g/mol. The quantitative estimate of drug-likeness (QED) is 0.353. The molecule has 16 heteroatoms. The molecule has 6 rings (SSSR count). The third-order valence-electron chi connectivity index (χ3n) is 8.87. The summed E-state index contributed by atoms with van der Waals surface area (Å²) in [6, 6.07) is 1.89. The normalized spacial score (nSPS) is 21.9. The van der Waals surface area contributed by atoms with Gasteiger partial charge in [-0.15, -0.1) is 10.2 Å². The van der Waals surface area contributed by atoms with Crippen molar-refractivity contribution in [3.63, 3.8) is 0 Å². The molecule has 0 bridgehead atoms. The van der Waals surface area contributed by atoms with Gasteiger partial charge in [-0.05, 0) is 59.6 Å². The van der Waals surface area contributed by atoms with Crippen LogP contribution in [0.2, 0.25) is 0 Å². The second-order valence-corrected chi connectivity index (χ2v) is 15.4. The number of amides is 2. The number of halogens is 2. The van der Waals surface area contributed by atoms with Crippen LogP contribution >= 0.6 is 11.3 Å². The van der Waals surface area contributed by atoms with E-state index in [0.717, 1.165) is 30.7 Å². The van der Waals surface area contributed by atoms with Gasteiger partial charge < -0.3 is 19.6 Å². The van der Waals surface area contributed by atoms with Gasteiger partial charge in [0.05, 0.1) is 17.4 Å².